The molecule has 2 saturated heterocycles. The molecule has 2 aliphatic rings. The Kier molecular flexibility index (Phi) is 8.03. The van der Waals surface area contributed by atoms with E-state index in [1.54, 1.807) is 0 Å². The molecule has 0 saturated carbocycles. The van der Waals surface area contributed by atoms with Gasteiger partial charge in [-0.1, -0.05) is 20.8 Å². The maximum absolute atomic E-state index is 2.66. The fourth-order valence-corrected chi connectivity index (χ4v) is 2.34. The summed E-state index contributed by atoms with van der Waals surface area (Å²) in [6, 6.07) is 0.906. The number of nitrogens with zero attached hydrogens (tertiary/aromatic N) is 2. The number of fused-ring (bicyclic) bond motifs is 1. The SMILES string of the molecule is CC.CCN1CCN2CCCC2C1.[V]. The first-order valence-electron chi connectivity index (χ1n) is 5.86. The van der Waals surface area contributed by atoms with Crippen LogP contribution in [0, 0.1) is 0 Å². The second-order valence-corrected chi connectivity index (χ2v) is 3.73. The third-order valence-corrected chi connectivity index (χ3v) is 3.12. The van der Waals surface area contributed by atoms with E-state index in [1.165, 1.54) is 45.6 Å². The van der Waals surface area contributed by atoms with Gasteiger partial charge in [0.1, 0.15) is 0 Å². The van der Waals surface area contributed by atoms with E-state index in [1.807, 2.05) is 13.8 Å². The van der Waals surface area contributed by atoms with Crippen LogP contribution in [0.2, 0.25) is 0 Å². The van der Waals surface area contributed by atoms with Gasteiger partial charge in [-0.3, -0.25) is 4.90 Å². The summed E-state index contributed by atoms with van der Waals surface area (Å²) in [6.45, 7) is 12.8. The first kappa shape index (κ1) is 14.5. The second kappa shape index (κ2) is 7.75. The Morgan fingerprint density at radius 3 is 2.50 bits per heavy atom. The molecule has 1 atom stereocenters. The summed E-state index contributed by atoms with van der Waals surface area (Å²) in [5.41, 5.74) is 0. The first-order chi connectivity index (χ1) is 6.40. The zero-order valence-electron chi connectivity index (χ0n) is 9.87. The molecule has 0 aliphatic carbocycles. The zero-order valence-corrected chi connectivity index (χ0v) is 11.3. The number of piperazine rings is 1. The van der Waals surface area contributed by atoms with Crippen molar-refractivity contribution in [3.05, 3.63) is 0 Å². The molecule has 2 rings (SSSR count). The third kappa shape index (κ3) is 3.58. The van der Waals surface area contributed by atoms with Gasteiger partial charge in [0.15, 0.2) is 0 Å². The average Bonchev–Trinajstić information content (AvgIpc) is 2.67. The van der Waals surface area contributed by atoms with Crippen LogP contribution in [-0.4, -0.2) is 48.6 Å². The normalized spacial score (nSPS) is 27.2. The second-order valence-electron chi connectivity index (χ2n) is 3.73. The molecule has 2 aliphatic heterocycles. The Bertz CT molecular complexity index is 141. The fourth-order valence-electron chi connectivity index (χ4n) is 2.34. The molecule has 0 bridgehead atoms. The van der Waals surface area contributed by atoms with Crippen molar-refractivity contribution < 1.29 is 18.6 Å². The summed E-state index contributed by atoms with van der Waals surface area (Å²) in [5, 5.41) is 0. The molecule has 0 aromatic rings. The molecule has 14 heavy (non-hydrogen) atoms. The predicted octanol–water partition coefficient (Wildman–Crippen LogP) is 1.81. The van der Waals surface area contributed by atoms with Crippen molar-refractivity contribution >= 4 is 0 Å². The van der Waals surface area contributed by atoms with Gasteiger partial charge in [-0.15, -0.1) is 0 Å². The molecule has 2 heterocycles. The molecule has 1 unspecified atom stereocenters. The summed E-state index contributed by atoms with van der Waals surface area (Å²) in [7, 11) is 0. The number of hydrogen-bond donors (Lipinski definition) is 0. The monoisotopic (exact) mass is 235 g/mol. The quantitative estimate of drug-likeness (QED) is 0.684. The maximum Gasteiger partial charge on any atom is 0.0224 e. The molecule has 83 valence electrons. The molecule has 3 heteroatoms. The average molecular weight is 235 g/mol. The molecular weight excluding hydrogens is 211 g/mol. The van der Waals surface area contributed by atoms with Gasteiger partial charge in [0.2, 0.25) is 0 Å². The predicted molar refractivity (Wildman–Crippen MR) is 58.1 cm³/mol. The molecular formula is C11H24N2V. The van der Waals surface area contributed by atoms with Gasteiger partial charge in [0.05, 0.1) is 0 Å². The van der Waals surface area contributed by atoms with Crippen molar-refractivity contribution in [2.45, 2.75) is 39.7 Å². The molecule has 2 nitrogen and oxygen atoms in total. The maximum atomic E-state index is 2.66. The van der Waals surface area contributed by atoms with Crippen LogP contribution in [0.1, 0.15) is 33.6 Å². The van der Waals surface area contributed by atoms with Gasteiger partial charge in [-0.05, 0) is 25.9 Å². The van der Waals surface area contributed by atoms with Crippen LogP contribution in [0.15, 0.2) is 0 Å². The molecule has 2 fully saturated rings. The Morgan fingerprint density at radius 2 is 1.86 bits per heavy atom. The van der Waals surface area contributed by atoms with Gasteiger partial charge in [-0.25, -0.2) is 0 Å². The van der Waals surface area contributed by atoms with E-state index in [2.05, 4.69) is 16.7 Å². The summed E-state index contributed by atoms with van der Waals surface area (Å²) in [6.07, 6.45) is 2.87. The van der Waals surface area contributed by atoms with Crippen molar-refractivity contribution in [2.75, 3.05) is 32.7 Å². The first-order valence-corrected chi connectivity index (χ1v) is 5.86. The summed E-state index contributed by atoms with van der Waals surface area (Å²) in [4.78, 5) is 5.23. The summed E-state index contributed by atoms with van der Waals surface area (Å²) < 4.78 is 0. The van der Waals surface area contributed by atoms with Gasteiger partial charge >= 0.3 is 0 Å². The molecule has 0 N–H and O–H groups in total. The van der Waals surface area contributed by atoms with Gasteiger partial charge in [0.25, 0.3) is 0 Å². The van der Waals surface area contributed by atoms with Crippen LogP contribution >= 0.6 is 0 Å². The van der Waals surface area contributed by atoms with E-state index in [0.717, 1.165) is 6.04 Å². The van der Waals surface area contributed by atoms with Crippen LogP contribution in [0.5, 0.6) is 0 Å². The van der Waals surface area contributed by atoms with Crippen LogP contribution in [0.4, 0.5) is 0 Å². The molecule has 0 spiro atoms. The van der Waals surface area contributed by atoms with E-state index >= 15 is 0 Å². The van der Waals surface area contributed by atoms with Crippen LogP contribution < -0.4 is 0 Å². The molecule has 0 amide bonds. The summed E-state index contributed by atoms with van der Waals surface area (Å²) >= 11 is 0. The smallest absolute Gasteiger partial charge is 0.0224 e. The van der Waals surface area contributed by atoms with Gasteiger partial charge in [0, 0.05) is 44.2 Å². The Balaban J connectivity index is 0.000000531. The van der Waals surface area contributed by atoms with Crippen molar-refractivity contribution in [3.63, 3.8) is 0 Å². The fraction of sp³-hybridized carbons (Fsp3) is 1.00. The van der Waals surface area contributed by atoms with Crippen LogP contribution in [-0.2, 0) is 18.6 Å². The largest absolute Gasteiger partial charge is 0.301 e. The van der Waals surface area contributed by atoms with E-state index in [-0.39, 0.29) is 18.6 Å². The van der Waals surface area contributed by atoms with Crippen molar-refractivity contribution in [2.24, 2.45) is 0 Å². The van der Waals surface area contributed by atoms with E-state index in [4.69, 9.17) is 0 Å². The Hall–Kier alpha value is 0.504. The summed E-state index contributed by atoms with van der Waals surface area (Å²) in [5.74, 6) is 0. The van der Waals surface area contributed by atoms with Gasteiger partial charge < -0.3 is 4.90 Å². The van der Waals surface area contributed by atoms with Crippen LogP contribution in [0.25, 0.3) is 0 Å². The third-order valence-electron chi connectivity index (χ3n) is 3.12. The number of rotatable bonds is 1. The minimum absolute atomic E-state index is 0. The molecule has 1 radical (unpaired) electrons. The van der Waals surface area contributed by atoms with Crippen molar-refractivity contribution in [3.8, 4) is 0 Å². The molecule has 0 aromatic carbocycles. The number of likely N-dealkylation sites (N-methyl/N-ethyl adjacent to an activating group) is 1. The van der Waals surface area contributed by atoms with Crippen molar-refractivity contribution in [1.29, 1.82) is 0 Å². The standard InChI is InChI=1S/C9H18N2.C2H6.V/c1-2-10-6-7-11-5-3-4-9(11)8-10;1-2;/h9H,2-8H2,1H3;1-2H3;. The van der Waals surface area contributed by atoms with Crippen molar-refractivity contribution in [1.82, 2.24) is 9.80 Å². The van der Waals surface area contributed by atoms with Crippen LogP contribution in [0.3, 0.4) is 0 Å². The minimum Gasteiger partial charge on any atom is -0.301 e. The van der Waals surface area contributed by atoms with Gasteiger partial charge in [-0.2, -0.15) is 0 Å². The van der Waals surface area contributed by atoms with E-state index in [0.29, 0.717) is 0 Å². The number of hydrogen-bond acceptors (Lipinski definition) is 2. The van der Waals surface area contributed by atoms with E-state index in [9.17, 15) is 0 Å². The van der Waals surface area contributed by atoms with E-state index < -0.39 is 0 Å². The zero-order chi connectivity index (χ0) is 9.68. The topological polar surface area (TPSA) is 6.48 Å². The Labute approximate surface area is 101 Å². The Morgan fingerprint density at radius 1 is 1.14 bits per heavy atom. The minimum atomic E-state index is 0. The molecule has 0 aromatic heterocycles.